The number of carbonyl (C=O) groups is 2. The van der Waals surface area contributed by atoms with E-state index in [4.69, 9.17) is 9.47 Å². The van der Waals surface area contributed by atoms with Crippen LogP contribution >= 0.6 is 0 Å². The van der Waals surface area contributed by atoms with Gasteiger partial charge in [-0.25, -0.2) is 4.79 Å². The first-order chi connectivity index (χ1) is 13.2. The molecule has 1 atom stereocenters. The van der Waals surface area contributed by atoms with E-state index >= 15 is 0 Å². The molecule has 2 amide bonds. The third-order valence-electron chi connectivity index (χ3n) is 5.15. The largest absolute Gasteiger partial charge is 0.478 e. The zero-order valence-corrected chi connectivity index (χ0v) is 17.7. The molecule has 0 spiro atoms. The second-order valence-electron chi connectivity index (χ2n) is 8.56. The first kappa shape index (κ1) is 20.5. The van der Waals surface area contributed by atoms with Gasteiger partial charge in [0.15, 0.2) is 6.10 Å². The molecule has 2 aliphatic rings. The molecule has 0 saturated carbocycles. The smallest absolute Gasteiger partial charge is 0.410 e. The first-order valence-electron chi connectivity index (χ1n) is 10.3. The summed E-state index contributed by atoms with van der Waals surface area (Å²) < 4.78 is 11.6. The van der Waals surface area contributed by atoms with E-state index in [1.54, 1.807) is 4.90 Å². The van der Waals surface area contributed by atoms with Crippen LogP contribution in [0.1, 0.15) is 58.6 Å². The molecule has 0 bridgehead atoms. The Labute approximate surface area is 167 Å². The van der Waals surface area contributed by atoms with Gasteiger partial charge < -0.3 is 19.3 Å². The molecule has 0 aliphatic carbocycles. The molecule has 0 aromatic heterocycles. The summed E-state index contributed by atoms with van der Waals surface area (Å²) in [7, 11) is 0. The van der Waals surface area contributed by atoms with Crippen LogP contribution < -0.4 is 9.64 Å². The number of fused-ring (bicyclic) bond motifs is 2. The summed E-state index contributed by atoms with van der Waals surface area (Å²) in [6.07, 6.45) is 2.36. The number of amides is 2. The summed E-state index contributed by atoms with van der Waals surface area (Å²) in [5, 5.41) is 0. The van der Waals surface area contributed by atoms with Gasteiger partial charge in [-0.3, -0.25) is 4.79 Å². The zero-order chi connectivity index (χ0) is 20.5. The molecule has 0 N–H and O–H groups in total. The van der Waals surface area contributed by atoms with E-state index in [0.29, 0.717) is 26.1 Å². The molecule has 154 valence electrons. The Balaban J connectivity index is 1.85. The summed E-state index contributed by atoms with van der Waals surface area (Å²) in [5.41, 5.74) is 2.73. The van der Waals surface area contributed by atoms with Crippen LogP contribution in [-0.4, -0.2) is 48.2 Å². The molecule has 2 aliphatic heterocycles. The van der Waals surface area contributed by atoms with Crippen molar-refractivity contribution in [2.75, 3.05) is 24.5 Å². The second kappa shape index (κ2) is 8.02. The van der Waals surface area contributed by atoms with Crippen LogP contribution in [-0.2, 0) is 22.4 Å². The highest BCUT2D eigenvalue weighted by Crippen LogP contribution is 2.38. The van der Waals surface area contributed by atoms with Crippen LogP contribution in [0.4, 0.5) is 10.5 Å². The number of ether oxygens (including phenoxy) is 2. The van der Waals surface area contributed by atoms with Crippen LogP contribution in [0.15, 0.2) is 12.1 Å². The van der Waals surface area contributed by atoms with Crippen molar-refractivity contribution in [3.63, 3.8) is 0 Å². The molecule has 1 aromatic rings. The predicted molar refractivity (Wildman–Crippen MR) is 109 cm³/mol. The highest BCUT2D eigenvalue weighted by molar-refractivity contribution is 6.00. The van der Waals surface area contributed by atoms with Crippen molar-refractivity contribution in [3.05, 3.63) is 23.3 Å². The standard InChI is InChI=1S/C22H32N2O4/c1-6-10-24-17-13-15-8-11-23(21(26)28-22(3,4)5)12-9-16(15)14-19(17)27-18(7-2)20(24)25/h13-14,18H,6-12H2,1-5H3. The molecule has 28 heavy (non-hydrogen) atoms. The van der Waals surface area contributed by atoms with Gasteiger partial charge in [0.25, 0.3) is 5.91 Å². The fourth-order valence-electron chi connectivity index (χ4n) is 3.76. The van der Waals surface area contributed by atoms with Gasteiger partial charge in [0.1, 0.15) is 11.4 Å². The Bertz CT molecular complexity index is 754. The highest BCUT2D eigenvalue weighted by atomic mass is 16.6. The predicted octanol–water partition coefficient (Wildman–Crippen LogP) is 3.94. The normalized spacial score (nSPS) is 19.5. The molecule has 1 aromatic carbocycles. The Morgan fingerprint density at radius 1 is 1.18 bits per heavy atom. The highest BCUT2D eigenvalue weighted by Gasteiger charge is 2.34. The maximum absolute atomic E-state index is 12.8. The van der Waals surface area contributed by atoms with E-state index in [0.717, 1.165) is 30.7 Å². The number of hydrogen-bond acceptors (Lipinski definition) is 4. The van der Waals surface area contributed by atoms with Crippen LogP contribution in [0.2, 0.25) is 0 Å². The average Bonchev–Trinajstić information content (AvgIpc) is 2.83. The summed E-state index contributed by atoms with van der Waals surface area (Å²) in [4.78, 5) is 28.9. The molecular formula is C22H32N2O4. The average molecular weight is 389 g/mol. The van der Waals surface area contributed by atoms with Gasteiger partial charge in [0, 0.05) is 19.6 Å². The Hall–Kier alpha value is -2.24. The molecule has 1 unspecified atom stereocenters. The fourth-order valence-corrected chi connectivity index (χ4v) is 3.76. The topological polar surface area (TPSA) is 59.1 Å². The molecule has 2 heterocycles. The number of carbonyl (C=O) groups excluding carboxylic acids is 2. The van der Waals surface area contributed by atoms with Crippen LogP contribution in [0.25, 0.3) is 0 Å². The lowest BCUT2D eigenvalue weighted by atomic mass is 9.99. The zero-order valence-electron chi connectivity index (χ0n) is 17.7. The van der Waals surface area contributed by atoms with Crippen molar-refractivity contribution >= 4 is 17.7 Å². The van der Waals surface area contributed by atoms with E-state index in [9.17, 15) is 9.59 Å². The maximum Gasteiger partial charge on any atom is 0.410 e. The monoisotopic (exact) mass is 388 g/mol. The van der Waals surface area contributed by atoms with E-state index in [1.165, 1.54) is 11.1 Å². The van der Waals surface area contributed by atoms with Crippen molar-refractivity contribution in [2.45, 2.75) is 72.0 Å². The van der Waals surface area contributed by atoms with E-state index in [-0.39, 0.29) is 12.0 Å². The quantitative estimate of drug-likeness (QED) is 0.787. The van der Waals surface area contributed by atoms with Crippen molar-refractivity contribution in [3.8, 4) is 5.75 Å². The molecule has 0 fully saturated rings. The molecule has 6 heteroatoms. The minimum absolute atomic E-state index is 0.0424. The van der Waals surface area contributed by atoms with Crippen LogP contribution in [0.3, 0.4) is 0 Å². The number of rotatable bonds is 3. The summed E-state index contributed by atoms with van der Waals surface area (Å²) in [6.45, 7) is 11.6. The Morgan fingerprint density at radius 3 is 2.39 bits per heavy atom. The SMILES string of the molecule is CCCN1C(=O)C(CC)Oc2cc3c(cc21)CCN(C(=O)OC(C)(C)C)CC3. The van der Waals surface area contributed by atoms with Crippen molar-refractivity contribution in [2.24, 2.45) is 0 Å². The van der Waals surface area contributed by atoms with Gasteiger partial charge >= 0.3 is 6.09 Å². The van der Waals surface area contributed by atoms with E-state index < -0.39 is 11.7 Å². The second-order valence-corrected chi connectivity index (χ2v) is 8.56. The van der Waals surface area contributed by atoms with Gasteiger partial charge in [-0.15, -0.1) is 0 Å². The Morgan fingerprint density at radius 2 is 1.82 bits per heavy atom. The Kier molecular flexibility index (Phi) is 5.87. The van der Waals surface area contributed by atoms with E-state index in [1.807, 2.05) is 32.6 Å². The van der Waals surface area contributed by atoms with Crippen molar-refractivity contribution in [1.29, 1.82) is 0 Å². The van der Waals surface area contributed by atoms with E-state index in [2.05, 4.69) is 19.1 Å². The number of benzene rings is 1. The number of anilines is 1. The summed E-state index contributed by atoms with van der Waals surface area (Å²) in [5.74, 6) is 0.824. The van der Waals surface area contributed by atoms with Gasteiger partial charge in [-0.1, -0.05) is 13.8 Å². The lowest BCUT2D eigenvalue weighted by Gasteiger charge is -2.34. The first-order valence-corrected chi connectivity index (χ1v) is 10.3. The number of nitrogens with zero attached hydrogens (tertiary/aromatic N) is 2. The molecule has 0 radical (unpaired) electrons. The van der Waals surface area contributed by atoms with Gasteiger partial charge in [0.2, 0.25) is 0 Å². The number of hydrogen-bond donors (Lipinski definition) is 0. The fraction of sp³-hybridized carbons (Fsp3) is 0.636. The van der Waals surface area contributed by atoms with Crippen LogP contribution in [0, 0.1) is 0 Å². The minimum atomic E-state index is -0.501. The van der Waals surface area contributed by atoms with Crippen molar-refractivity contribution in [1.82, 2.24) is 4.90 Å². The van der Waals surface area contributed by atoms with Crippen LogP contribution in [0.5, 0.6) is 5.75 Å². The van der Waals surface area contributed by atoms with Crippen molar-refractivity contribution < 1.29 is 19.1 Å². The third kappa shape index (κ3) is 4.26. The van der Waals surface area contributed by atoms with Gasteiger partial charge in [-0.2, -0.15) is 0 Å². The lowest BCUT2D eigenvalue weighted by Crippen LogP contribution is -2.46. The molecule has 0 saturated heterocycles. The van der Waals surface area contributed by atoms with Gasteiger partial charge in [-0.05, 0) is 69.7 Å². The molecule has 3 rings (SSSR count). The third-order valence-corrected chi connectivity index (χ3v) is 5.15. The lowest BCUT2D eigenvalue weighted by molar-refractivity contribution is -0.126. The molecular weight excluding hydrogens is 356 g/mol. The van der Waals surface area contributed by atoms with Gasteiger partial charge in [0.05, 0.1) is 5.69 Å². The minimum Gasteiger partial charge on any atom is -0.478 e. The molecule has 6 nitrogen and oxygen atoms in total. The summed E-state index contributed by atoms with van der Waals surface area (Å²) >= 11 is 0. The maximum atomic E-state index is 12.8. The summed E-state index contributed by atoms with van der Waals surface area (Å²) in [6, 6.07) is 4.16.